The lowest BCUT2D eigenvalue weighted by atomic mass is 10.0. The van der Waals surface area contributed by atoms with Gasteiger partial charge in [-0.2, -0.15) is 0 Å². The molecule has 5 heteroatoms. The Kier molecular flexibility index (Phi) is 4.42. The van der Waals surface area contributed by atoms with Crippen LogP contribution in [0.3, 0.4) is 0 Å². The summed E-state index contributed by atoms with van der Waals surface area (Å²) in [5, 5.41) is 0.0283. The Morgan fingerprint density at radius 2 is 1.89 bits per heavy atom. The fourth-order valence-corrected chi connectivity index (χ4v) is 2.77. The predicted octanol–water partition coefficient (Wildman–Crippen LogP) is 5.11. The van der Waals surface area contributed by atoms with E-state index in [0.717, 1.165) is 0 Å². The number of hydrogen-bond acceptors (Lipinski definition) is 1. The first kappa shape index (κ1) is 14.3. The van der Waals surface area contributed by atoms with Crippen LogP contribution in [0, 0.1) is 11.6 Å². The van der Waals surface area contributed by atoms with Crippen molar-refractivity contribution < 1.29 is 13.5 Å². The monoisotopic (exact) mass is 346 g/mol. The maximum Gasteiger partial charge on any atom is 0.165 e. The average Bonchev–Trinajstić information content (AvgIpc) is 2.41. The van der Waals surface area contributed by atoms with Crippen LogP contribution in [0.25, 0.3) is 0 Å². The van der Waals surface area contributed by atoms with E-state index in [1.807, 2.05) is 0 Å². The molecule has 0 aliphatic rings. The lowest BCUT2D eigenvalue weighted by molar-refractivity contribution is 0.386. The van der Waals surface area contributed by atoms with Crippen molar-refractivity contribution in [3.05, 3.63) is 64.2 Å². The molecule has 0 aromatic heterocycles. The highest BCUT2D eigenvalue weighted by Crippen LogP contribution is 2.37. The van der Waals surface area contributed by atoms with Gasteiger partial charge in [0.25, 0.3) is 0 Å². The highest BCUT2D eigenvalue weighted by molar-refractivity contribution is 9.09. The van der Waals surface area contributed by atoms with Gasteiger partial charge in [0.1, 0.15) is 5.82 Å². The van der Waals surface area contributed by atoms with Crippen molar-refractivity contribution in [1.82, 2.24) is 0 Å². The third-order valence-electron chi connectivity index (χ3n) is 2.72. The van der Waals surface area contributed by atoms with Gasteiger partial charge in [0.15, 0.2) is 11.6 Å². The molecule has 0 aliphatic carbocycles. The molecule has 0 spiro atoms. The van der Waals surface area contributed by atoms with Crippen LogP contribution in [0.2, 0.25) is 5.02 Å². The van der Waals surface area contributed by atoms with E-state index < -0.39 is 16.5 Å². The first-order chi connectivity index (χ1) is 9.04. The normalized spacial score (nSPS) is 12.3. The molecule has 0 radical (unpaired) electrons. The summed E-state index contributed by atoms with van der Waals surface area (Å²) in [6.07, 6.45) is 0. The lowest BCUT2D eigenvalue weighted by Crippen LogP contribution is -1.97. The number of hydrogen-bond donors (Lipinski definition) is 0. The van der Waals surface area contributed by atoms with Gasteiger partial charge in [0, 0.05) is 0 Å². The van der Waals surface area contributed by atoms with E-state index in [9.17, 15) is 8.78 Å². The first-order valence-corrected chi connectivity index (χ1v) is 6.75. The fourth-order valence-electron chi connectivity index (χ4n) is 1.74. The Balaban J connectivity index is 2.41. The second kappa shape index (κ2) is 5.88. The molecule has 1 atom stereocenters. The zero-order valence-corrected chi connectivity index (χ0v) is 12.3. The molecule has 2 rings (SSSR count). The highest BCUT2D eigenvalue weighted by Gasteiger charge is 2.17. The van der Waals surface area contributed by atoms with E-state index in [1.165, 1.54) is 25.3 Å². The summed E-state index contributed by atoms with van der Waals surface area (Å²) in [6.45, 7) is 0. The molecular weight excluding hydrogens is 338 g/mol. The molecule has 0 saturated carbocycles. The molecular formula is C14H10BrClF2O. The number of rotatable bonds is 3. The molecule has 19 heavy (non-hydrogen) atoms. The smallest absolute Gasteiger partial charge is 0.165 e. The summed E-state index contributed by atoms with van der Waals surface area (Å²) in [5.74, 6) is -0.816. The zero-order chi connectivity index (χ0) is 14.0. The van der Waals surface area contributed by atoms with Crippen molar-refractivity contribution in [2.45, 2.75) is 4.83 Å². The summed E-state index contributed by atoms with van der Waals surface area (Å²) in [7, 11) is 1.40. The second-order valence-corrected chi connectivity index (χ2v) is 5.19. The van der Waals surface area contributed by atoms with Crippen LogP contribution in [0.15, 0.2) is 36.4 Å². The number of alkyl halides is 1. The minimum atomic E-state index is -0.502. The van der Waals surface area contributed by atoms with E-state index in [1.54, 1.807) is 18.2 Å². The van der Waals surface area contributed by atoms with Gasteiger partial charge < -0.3 is 4.74 Å². The second-order valence-electron chi connectivity index (χ2n) is 3.90. The van der Waals surface area contributed by atoms with E-state index >= 15 is 0 Å². The quantitative estimate of drug-likeness (QED) is 0.701. The van der Waals surface area contributed by atoms with E-state index in [2.05, 4.69) is 15.9 Å². The average molecular weight is 348 g/mol. The summed E-state index contributed by atoms with van der Waals surface area (Å²) in [5.41, 5.74) is 1.18. The van der Waals surface area contributed by atoms with Gasteiger partial charge in [-0.3, -0.25) is 0 Å². The lowest BCUT2D eigenvalue weighted by Gasteiger charge is -2.14. The molecule has 2 aromatic rings. The molecule has 1 unspecified atom stereocenters. The number of ether oxygens (including phenoxy) is 1. The van der Waals surface area contributed by atoms with Crippen LogP contribution in [-0.4, -0.2) is 7.11 Å². The summed E-state index contributed by atoms with van der Waals surface area (Å²) in [6, 6.07) is 9.08. The van der Waals surface area contributed by atoms with Gasteiger partial charge in [-0.1, -0.05) is 45.7 Å². The minimum absolute atomic E-state index is 0.0283. The summed E-state index contributed by atoms with van der Waals surface area (Å²) >= 11 is 9.31. The standard InChI is InChI=1S/C14H10BrClF2O/c1-19-12-6-5-8(7-11(12)18)13(15)9-3-2-4-10(17)14(9)16/h2-7,13H,1H3. The molecule has 0 saturated heterocycles. The molecule has 1 nitrogen and oxygen atoms in total. The molecule has 0 N–H and O–H groups in total. The third kappa shape index (κ3) is 2.90. The van der Waals surface area contributed by atoms with Crippen LogP contribution in [0.5, 0.6) is 5.75 Å². The van der Waals surface area contributed by atoms with Gasteiger partial charge in [-0.05, 0) is 29.3 Å². The van der Waals surface area contributed by atoms with Gasteiger partial charge in [-0.25, -0.2) is 8.78 Å². The topological polar surface area (TPSA) is 9.23 Å². The van der Waals surface area contributed by atoms with Gasteiger partial charge in [0.05, 0.1) is 17.0 Å². The molecule has 0 bridgehead atoms. The van der Waals surface area contributed by atoms with E-state index in [-0.39, 0.29) is 10.8 Å². The Bertz CT molecular complexity index is 604. The van der Waals surface area contributed by atoms with Crippen LogP contribution in [0.4, 0.5) is 8.78 Å². The van der Waals surface area contributed by atoms with Gasteiger partial charge in [0.2, 0.25) is 0 Å². The minimum Gasteiger partial charge on any atom is -0.494 e. The maximum absolute atomic E-state index is 13.7. The predicted molar refractivity (Wildman–Crippen MR) is 75.1 cm³/mol. The molecule has 0 heterocycles. The zero-order valence-electron chi connectivity index (χ0n) is 9.96. The summed E-state index contributed by atoms with van der Waals surface area (Å²) < 4.78 is 31.9. The van der Waals surface area contributed by atoms with Gasteiger partial charge in [-0.15, -0.1) is 0 Å². The fraction of sp³-hybridized carbons (Fsp3) is 0.143. The van der Waals surface area contributed by atoms with Crippen molar-refractivity contribution >= 4 is 27.5 Å². The van der Waals surface area contributed by atoms with E-state index in [4.69, 9.17) is 16.3 Å². The van der Waals surface area contributed by atoms with Crippen molar-refractivity contribution in [2.75, 3.05) is 7.11 Å². The van der Waals surface area contributed by atoms with Crippen LogP contribution in [-0.2, 0) is 0 Å². The van der Waals surface area contributed by atoms with Crippen molar-refractivity contribution in [2.24, 2.45) is 0 Å². The maximum atomic E-state index is 13.7. The van der Waals surface area contributed by atoms with Crippen molar-refractivity contribution in [1.29, 1.82) is 0 Å². The Morgan fingerprint density at radius 1 is 1.16 bits per heavy atom. The number of methoxy groups -OCH3 is 1. The largest absolute Gasteiger partial charge is 0.494 e. The molecule has 100 valence electrons. The Labute approximate surface area is 123 Å². The Morgan fingerprint density at radius 3 is 2.53 bits per heavy atom. The van der Waals surface area contributed by atoms with Gasteiger partial charge >= 0.3 is 0 Å². The van der Waals surface area contributed by atoms with Crippen LogP contribution in [0.1, 0.15) is 16.0 Å². The molecule has 0 aliphatic heterocycles. The molecule has 0 amide bonds. The molecule has 2 aromatic carbocycles. The summed E-state index contributed by atoms with van der Waals surface area (Å²) in [4.78, 5) is -0.392. The SMILES string of the molecule is COc1ccc(C(Br)c2cccc(F)c2Cl)cc1F. The Hall–Kier alpha value is -1.13. The number of halogens is 4. The van der Waals surface area contributed by atoms with Crippen molar-refractivity contribution in [3.8, 4) is 5.75 Å². The number of benzene rings is 2. The van der Waals surface area contributed by atoms with Crippen LogP contribution < -0.4 is 4.74 Å². The van der Waals surface area contributed by atoms with Crippen LogP contribution >= 0.6 is 27.5 Å². The first-order valence-electron chi connectivity index (χ1n) is 5.46. The van der Waals surface area contributed by atoms with E-state index in [0.29, 0.717) is 11.1 Å². The molecule has 0 fully saturated rings. The van der Waals surface area contributed by atoms with Crippen molar-refractivity contribution in [3.63, 3.8) is 0 Å². The highest BCUT2D eigenvalue weighted by atomic mass is 79.9. The third-order valence-corrected chi connectivity index (χ3v) is 4.14.